The SMILES string of the molecule is O=C(N1CC2(C1)CN(c1ccccn1)C2)N1CCC(O)c2cc(Cl)ccc21. The Bertz CT molecular complexity index is 877. The second-order valence-electron chi connectivity index (χ2n) is 7.84. The first-order valence-corrected chi connectivity index (χ1v) is 9.62. The molecule has 1 aromatic heterocycles. The molecule has 0 bridgehead atoms. The Morgan fingerprint density at radius 1 is 1.19 bits per heavy atom. The number of carbonyl (C=O) groups is 1. The molecule has 6 nitrogen and oxygen atoms in total. The van der Waals surface area contributed by atoms with E-state index in [0.717, 1.165) is 43.2 Å². The summed E-state index contributed by atoms with van der Waals surface area (Å²) in [5, 5.41) is 10.8. The number of carbonyl (C=O) groups excluding carboxylic acids is 1. The number of nitrogens with zero attached hydrogens (tertiary/aromatic N) is 4. The van der Waals surface area contributed by atoms with Crippen LogP contribution in [0.2, 0.25) is 5.02 Å². The van der Waals surface area contributed by atoms with Crippen molar-refractivity contribution in [1.82, 2.24) is 9.88 Å². The number of rotatable bonds is 1. The highest BCUT2D eigenvalue weighted by Gasteiger charge is 2.54. The first kappa shape index (κ1) is 16.8. The molecule has 3 aliphatic heterocycles. The van der Waals surface area contributed by atoms with Gasteiger partial charge in [0.15, 0.2) is 0 Å². The van der Waals surface area contributed by atoms with E-state index in [1.807, 2.05) is 35.4 Å². The quantitative estimate of drug-likeness (QED) is 0.821. The van der Waals surface area contributed by atoms with Crippen LogP contribution in [0.25, 0.3) is 0 Å². The average molecular weight is 385 g/mol. The van der Waals surface area contributed by atoms with E-state index in [0.29, 0.717) is 18.0 Å². The number of urea groups is 1. The number of likely N-dealkylation sites (tertiary alicyclic amines) is 1. The lowest BCUT2D eigenvalue weighted by molar-refractivity contribution is 0.00923. The predicted molar refractivity (Wildman–Crippen MR) is 104 cm³/mol. The largest absolute Gasteiger partial charge is 0.388 e. The molecule has 140 valence electrons. The Kier molecular flexibility index (Phi) is 3.81. The fourth-order valence-electron chi connectivity index (χ4n) is 4.50. The minimum absolute atomic E-state index is 0.0207. The van der Waals surface area contributed by atoms with E-state index in [2.05, 4.69) is 9.88 Å². The molecule has 2 amide bonds. The highest BCUT2D eigenvalue weighted by molar-refractivity contribution is 6.30. The fraction of sp³-hybridized carbons (Fsp3) is 0.400. The van der Waals surface area contributed by atoms with E-state index in [1.165, 1.54) is 0 Å². The van der Waals surface area contributed by atoms with Gasteiger partial charge in [0.2, 0.25) is 0 Å². The summed E-state index contributed by atoms with van der Waals surface area (Å²) in [6.07, 6.45) is 1.78. The van der Waals surface area contributed by atoms with E-state index in [-0.39, 0.29) is 11.4 Å². The first-order chi connectivity index (χ1) is 13.0. The third-order valence-corrected chi connectivity index (χ3v) is 6.08. The number of hydrogen-bond acceptors (Lipinski definition) is 4. The zero-order valence-electron chi connectivity index (χ0n) is 14.9. The Labute approximate surface area is 163 Å². The normalized spacial score (nSPS) is 22.9. The molecule has 2 fully saturated rings. The Morgan fingerprint density at radius 2 is 2.00 bits per heavy atom. The second-order valence-corrected chi connectivity index (χ2v) is 8.28. The van der Waals surface area contributed by atoms with Gasteiger partial charge in [-0.25, -0.2) is 9.78 Å². The lowest BCUT2D eigenvalue weighted by Crippen LogP contribution is -2.74. The van der Waals surface area contributed by atoms with Gasteiger partial charge in [0.1, 0.15) is 5.82 Å². The van der Waals surface area contributed by atoms with Gasteiger partial charge in [0.05, 0.1) is 11.8 Å². The van der Waals surface area contributed by atoms with Crippen LogP contribution in [-0.2, 0) is 0 Å². The van der Waals surface area contributed by atoms with Gasteiger partial charge in [-0.1, -0.05) is 17.7 Å². The Balaban J connectivity index is 1.25. The molecule has 0 radical (unpaired) electrons. The Morgan fingerprint density at radius 3 is 2.74 bits per heavy atom. The number of aromatic nitrogens is 1. The average Bonchev–Trinajstić information content (AvgIpc) is 2.61. The van der Waals surface area contributed by atoms with E-state index in [9.17, 15) is 9.90 Å². The number of benzene rings is 1. The van der Waals surface area contributed by atoms with Crippen LogP contribution >= 0.6 is 11.6 Å². The maximum Gasteiger partial charge on any atom is 0.324 e. The van der Waals surface area contributed by atoms with Gasteiger partial charge in [-0.2, -0.15) is 0 Å². The molecule has 1 atom stereocenters. The number of amides is 2. The van der Waals surface area contributed by atoms with Crippen LogP contribution in [-0.4, -0.2) is 53.7 Å². The van der Waals surface area contributed by atoms with Gasteiger partial charge in [0.25, 0.3) is 0 Å². The van der Waals surface area contributed by atoms with E-state index in [1.54, 1.807) is 17.0 Å². The molecule has 2 saturated heterocycles. The highest BCUT2D eigenvalue weighted by Crippen LogP contribution is 2.43. The molecule has 5 rings (SSSR count). The molecule has 1 aromatic carbocycles. The number of anilines is 2. The van der Waals surface area contributed by atoms with Crippen molar-refractivity contribution < 1.29 is 9.90 Å². The van der Waals surface area contributed by atoms with Crippen molar-refractivity contribution in [2.45, 2.75) is 12.5 Å². The molecule has 0 aliphatic carbocycles. The molecule has 1 spiro atoms. The van der Waals surface area contributed by atoms with Crippen molar-refractivity contribution in [2.75, 3.05) is 42.5 Å². The lowest BCUT2D eigenvalue weighted by Gasteiger charge is -2.61. The summed E-state index contributed by atoms with van der Waals surface area (Å²) in [5.41, 5.74) is 1.71. The van der Waals surface area contributed by atoms with Crippen LogP contribution in [0.15, 0.2) is 42.6 Å². The van der Waals surface area contributed by atoms with Crippen molar-refractivity contribution in [3.05, 3.63) is 53.2 Å². The molecule has 3 aliphatic rings. The number of aliphatic hydroxyl groups is 1. The summed E-state index contributed by atoms with van der Waals surface area (Å²) in [4.78, 5) is 23.4. The monoisotopic (exact) mass is 384 g/mol. The second kappa shape index (κ2) is 6.11. The summed E-state index contributed by atoms with van der Waals surface area (Å²) in [6.45, 7) is 3.96. The van der Waals surface area contributed by atoms with Gasteiger partial charge in [-0.15, -0.1) is 0 Å². The van der Waals surface area contributed by atoms with Gasteiger partial charge < -0.3 is 14.9 Å². The van der Waals surface area contributed by atoms with Crippen LogP contribution in [0, 0.1) is 5.41 Å². The minimum Gasteiger partial charge on any atom is -0.388 e. The van der Waals surface area contributed by atoms with Gasteiger partial charge in [-0.05, 0) is 36.8 Å². The van der Waals surface area contributed by atoms with Crippen LogP contribution in [0.5, 0.6) is 0 Å². The minimum atomic E-state index is -0.566. The molecule has 2 aromatic rings. The molecular formula is C20H21ClN4O2. The van der Waals surface area contributed by atoms with Crippen LogP contribution < -0.4 is 9.80 Å². The third-order valence-electron chi connectivity index (χ3n) is 5.85. The summed E-state index contributed by atoms with van der Waals surface area (Å²) in [6, 6.07) is 11.3. The third kappa shape index (κ3) is 2.75. The number of aliphatic hydroxyl groups excluding tert-OH is 1. The summed E-state index contributed by atoms with van der Waals surface area (Å²) in [5.74, 6) is 1.00. The molecule has 7 heteroatoms. The van der Waals surface area contributed by atoms with E-state index < -0.39 is 6.10 Å². The van der Waals surface area contributed by atoms with Crippen LogP contribution in [0.1, 0.15) is 18.1 Å². The van der Waals surface area contributed by atoms with Crippen molar-refractivity contribution >= 4 is 29.1 Å². The van der Waals surface area contributed by atoms with Crippen molar-refractivity contribution in [2.24, 2.45) is 5.41 Å². The van der Waals surface area contributed by atoms with Crippen LogP contribution in [0.3, 0.4) is 0 Å². The Hall–Kier alpha value is -2.31. The number of pyridine rings is 1. The highest BCUT2D eigenvalue weighted by atomic mass is 35.5. The van der Waals surface area contributed by atoms with E-state index in [4.69, 9.17) is 11.6 Å². The maximum absolute atomic E-state index is 13.0. The van der Waals surface area contributed by atoms with Gasteiger partial charge >= 0.3 is 6.03 Å². The van der Waals surface area contributed by atoms with Crippen molar-refractivity contribution in [3.63, 3.8) is 0 Å². The first-order valence-electron chi connectivity index (χ1n) is 9.25. The molecule has 27 heavy (non-hydrogen) atoms. The summed E-state index contributed by atoms with van der Waals surface area (Å²) < 4.78 is 0. The zero-order chi connectivity index (χ0) is 18.6. The predicted octanol–water partition coefficient (Wildman–Crippen LogP) is 2.92. The standard InChI is InChI=1S/C20H21ClN4O2/c21-14-4-5-16-15(9-14)17(26)6-8-25(16)19(27)24-12-20(13-24)10-23(11-20)18-3-1-2-7-22-18/h1-5,7,9,17,26H,6,8,10-13H2. The number of halogens is 1. The zero-order valence-corrected chi connectivity index (χ0v) is 15.6. The molecule has 4 heterocycles. The smallest absolute Gasteiger partial charge is 0.324 e. The maximum atomic E-state index is 13.0. The fourth-order valence-corrected chi connectivity index (χ4v) is 4.68. The molecule has 1 N–H and O–H groups in total. The lowest BCUT2D eigenvalue weighted by atomic mass is 9.73. The van der Waals surface area contributed by atoms with Crippen LogP contribution in [0.4, 0.5) is 16.3 Å². The summed E-state index contributed by atoms with van der Waals surface area (Å²) >= 11 is 6.06. The number of fused-ring (bicyclic) bond motifs is 1. The molecular weight excluding hydrogens is 364 g/mol. The summed E-state index contributed by atoms with van der Waals surface area (Å²) in [7, 11) is 0. The topological polar surface area (TPSA) is 59.9 Å². The van der Waals surface area contributed by atoms with Crippen molar-refractivity contribution in [1.29, 1.82) is 0 Å². The molecule has 1 unspecified atom stereocenters. The van der Waals surface area contributed by atoms with E-state index >= 15 is 0 Å². The van der Waals surface area contributed by atoms with Gasteiger partial charge in [-0.3, -0.25) is 4.90 Å². The molecule has 0 saturated carbocycles. The van der Waals surface area contributed by atoms with Crippen molar-refractivity contribution in [3.8, 4) is 0 Å². The number of hydrogen-bond donors (Lipinski definition) is 1. The van der Waals surface area contributed by atoms with Gasteiger partial charge in [0, 0.05) is 54.9 Å².